The summed E-state index contributed by atoms with van der Waals surface area (Å²) in [6.07, 6.45) is 5.05. The Morgan fingerprint density at radius 2 is 2.00 bits per heavy atom. The zero-order valence-electron chi connectivity index (χ0n) is 15.3. The molecule has 7 heteroatoms. The van der Waals surface area contributed by atoms with Gasteiger partial charge < -0.3 is 10.1 Å². The Kier molecular flexibility index (Phi) is 5.32. The van der Waals surface area contributed by atoms with Gasteiger partial charge in [-0.2, -0.15) is 0 Å². The fraction of sp³-hybridized carbons (Fsp3) is 0.833. The minimum Gasteiger partial charge on any atom is -0.466 e. The summed E-state index contributed by atoms with van der Waals surface area (Å²) in [6.45, 7) is 5.96. The molecule has 1 aliphatic carbocycles. The molecule has 0 unspecified atom stereocenters. The van der Waals surface area contributed by atoms with Crippen LogP contribution in [0.15, 0.2) is 0 Å². The Bertz CT molecular complexity index is 542. The van der Waals surface area contributed by atoms with Gasteiger partial charge in [0.05, 0.1) is 19.2 Å². The summed E-state index contributed by atoms with van der Waals surface area (Å²) in [7, 11) is 0. The number of urea groups is 1. The highest BCUT2D eigenvalue weighted by molar-refractivity contribution is 6.07. The number of ether oxygens (including phenoxy) is 1. The number of nitrogens with one attached hydrogen (secondary N) is 1. The predicted octanol–water partition coefficient (Wildman–Crippen LogP) is 1.72. The molecule has 2 aliphatic heterocycles. The van der Waals surface area contributed by atoms with Gasteiger partial charge in [-0.05, 0) is 57.9 Å². The van der Waals surface area contributed by atoms with Gasteiger partial charge in [0, 0.05) is 6.54 Å². The highest BCUT2D eigenvalue weighted by Crippen LogP contribution is 2.36. The maximum absolute atomic E-state index is 12.9. The summed E-state index contributed by atoms with van der Waals surface area (Å²) in [5, 5.41) is 2.95. The zero-order chi connectivity index (χ0) is 18.0. The van der Waals surface area contributed by atoms with Crippen LogP contribution in [0.3, 0.4) is 0 Å². The SMILES string of the molecule is CCOC(=O)[C@@H]1CCCN(CN2C(=O)NC3(CCC(C)CC3)C2=O)C1. The van der Waals surface area contributed by atoms with Gasteiger partial charge in [-0.1, -0.05) is 6.92 Å². The largest absolute Gasteiger partial charge is 0.466 e. The number of likely N-dealkylation sites (tertiary alicyclic amines) is 1. The Hall–Kier alpha value is -1.63. The lowest BCUT2D eigenvalue weighted by molar-refractivity contribution is -0.150. The molecule has 0 aromatic heterocycles. The Balaban J connectivity index is 1.61. The van der Waals surface area contributed by atoms with Crippen LogP contribution in [0, 0.1) is 11.8 Å². The normalized spacial score (nSPS) is 33.6. The molecule has 2 heterocycles. The molecule has 3 fully saturated rings. The number of imide groups is 1. The molecule has 3 aliphatic rings. The van der Waals surface area contributed by atoms with Crippen LogP contribution in [0.25, 0.3) is 0 Å². The first-order valence-corrected chi connectivity index (χ1v) is 9.48. The van der Waals surface area contributed by atoms with Crippen molar-refractivity contribution in [2.75, 3.05) is 26.4 Å². The third kappa shape index (κ3) is 3.66. The molecule has 7 nitrogen and oxygen atoms in total. The maximum Gasteiger partial charge on any atom is 0.326 e. The fourth-order valence-electron chi connectivity index (χ4n) is 4.23. The topological polar surface area (TPSA) is 79.0 Å². The van der Waals surface area contributed by atoms with Gasteiger partial charge in [0.1, 0.15) is 5.54 Å². The van der Waals surface area contributed by atoms with E-state index in [-0.39, 0.29) is 30.5 Å². The second-order valence-electron chi connectivity index (χ2n) is 7.74. The molecule has 0 radical (unpaired) electrons. The quantitative estimate of drug-likeness (QED) is 0.616. The number of piperidine rings is 1. The minimum atomic E-state index is -0.695. The highest BCUT2D eigenvalue weighted by atomic mass is 16.5. The van der Waals surface area contributed by atoms with E-state index in [0.717, 1.165) is 45.1 Å². The Labute approximate surface area is 149 Å². The van der Waals surface area contributed by atoms with E-state index in [2.05, 4.69) is 12.2 Å². The van der Waals surface area contributed by atoms with E-state index in [1.165, 1.54) is 4.90 Å². The van der Waals surface area contributed by atoms with Crippen molar-refractivity contribution >= 4 is 17.9 Å². The van der Waals surface area contributed by atoms with Gasteiger partial charge >= 0.3 is 12.0 Å². The van der Waals surface area contributed by atoms with E-state index in [1.807, 2.05) is 4.90 Å². The van der Waals surface area contributed by atoms with Gasteiger partial charge in [-0.25, -0.2) is 9.69 Å². The van der Waals surface area contributed by atoms with Crippen molar-refractivity contribution in [3.8, 4) is 0 Å². The summed E-state index contributed by atoms with van der Waals surface area (Å²) < 4.78 is 5.12. The van der Waals surface area contributed by atoms with Crippen LogP contribution in [0.2, 0.25) is 0 Å². The van der Waals surface area contributed by atoms with Gasteiger partial charge in [0.25, 0.3) is 5.91 Å². The molecule has 3 rings (SSSR count). The van der Waals surface area contributed by atoms with Crippen LogP contribution >= 0.6 is 0 Å². The van der Waals surface area contributed by atoms with Crippen molar-refractivity contribution in [3.05, 3.63) is 0 Å². The van der Waals surface area contributed by atoms with Crippen molar-refractivity contribution in [1.29, 1.82) is 0 Å². The van der Waals surface area contributed by atoms with Crippen LogP contribution < -0.4 is 5.32 Å². The first kappa shape index (κ1) is 18.2. The number of hydrogen-bond donors (Lipinski definition) is 1. The van der Waals surface area contributed by atoms with E-state index in [9.17, 15) is 14.4 Å². The monoisotopic (exact) mass is 351 g/mol. The molecular formula is C18H29N3O4. The number of rotatable bonds is 4. The van der Waals surface area contributed by atoms with E-state index >= 15 is 0 Å². The van der Waals surface area contributed by atoms with Crippen LogP contribution in [0.1, 0.15) is 52.4 Å². The lowest BCUT2D eigenvalue weighted by Gasteiger charge is -2.35. The number of amides is 3. The van der Waals surface area contributed by atoms with Gasteiger partial charge in [0.15, 0.2) is 0 Å². The molecule has 1 atom stereocenters. The van der Waals surface area contributed by atoms with Crippen molar-refractivity contribution in [1.82, 2.24) is 15.1 Å². The second kappa shape index (κ2) is 7.32. The van der Waals surface area contributed by atoms with Crippen LogP contribution in [0.4, 0.5) is 4.79 Å². The molecular weight excluding hydrogens is 322 g/mol. The summed E-state index contributed by atoms with van der Waals surface area (Å²) in [4.78, 5) is 40.7. The van der Waals surface area contributed by atoms with Crippen molar-refractivity contribution < 1.29 is 19.1 Å². The first-order chi connectivity index (χ1) is 11.9. The number of carbonyl (C=O) groups excluding carboxylic acids is 3. The summed E-state index contributed by atoms with van der Waals surface area (Å²) in [5.41, 5.74) is -0.695. The molecule has 1 spiro atoms. The number of nitrogens with zero attached hydrogens (tertiary/aromatic N) is 2. The molecule has 0 aromatic carbocycles. The first-order valence-electron chi connectivity index (χ1n) is 9.48. The molecule has 1 saturated carbocycles. The zero-order valence-corrected chi connectivity index (χ0v) is 15.3. The smallest absolute Gasteiger partial charge is 0.326 e. The minimum absolute atomic E-state index is 0.0948. The molecule has 140 valence electrons. The summed E-state index contributed by atoms with van der Waals surface area (Å²) >= 11 is 0. The molecule has 25 heavy (non-hydrogen) atoms. The van der Waals surface area contributed by atoms with Crippen LogP contribution in [0.5, 0.6) is 0 Å². The number of hydrogen-bond acceptors (Lipinski definition) is 5. The third-order valence-corrected chi connectivity index (χ3v) is 5.84. The average Bonchev–Trinajstić information content (AvgIpc) is 2.83. The molecule has 2 saturated heterocycles. The molecule has 3 amide bonds. The third-order valence-electron chi connectivity index (χ3n) is 5.84. The lowest BCUT2D eigenvalue weighted by atomic mass is 9.77. The van der Waals surface area contributed by atoms with Crippen molar-refractivity contribution in [3.63, 3.8) is 0 Å². The summed E-state index contributed by atoms with van der Waals surface area (Å²) in [5.74, 6) is 0.167. The second-order valence-corrected chi connectivity index (χ2v) is 7.74. The fourth-order valence-corrected chi connectivity index (χ4v) is 4.23. The van der Waals surface area contributed by atoms with Crippen LogP contribution in [-0.4, -0.2) is 59.6 Å². The van der Waals surface area contributed by atoms with E-state index in [1.54, 1.807) is 6.92 Å². The predicted molar refractivity (Wildman–Crippen MR) is 91.5 cm³/mol. The lowest BCUT2D eigenvalue weighted by Crippen LogP contribution is -2.51. The van der Waals surface area contributed by atoms with Crippen molar-refractivity contribution in [2.24, 2.45) is 11.8 Å². The van der Waals surface area contributed by atoms with Crippen molar-refractivity contribution in [2.45, 2.75) is 57.9 Å². The van der Waals surface area contributed by atoms with Gasteiger partial charge in [0.2, 0.25) is 0 Å². The van der Waals surface area contributed by atoms with E-state index < -0.39 is 5.54 Å². The van der Waals surface area contributed by atoms with E-state index in [0.29, 0.717) is 19.1 Å². The van der Waals surface area contributed by atoms with Gasteiger partial charge in [-0.15, -0.1) is 0 Å². The molecule has 0 aromatic rings. The average molecular weight is 351 g/mol. The number of esters is 1. The maximum atomic E-state index is 12.9. The van der Waals surface area contributed by atoms with E-state index in [4.69, 9.17) is 4.74 Å². The highest BCUT2D eigenvalue weighted by Gasteiger charge is 2.52. The Morgan fingerprint density at radius 3 is 2.68 bits per heavy atom. The molecule has 1 N–H and O–H groups in total. The molecule has 0 bridgehead atoms. The van der Waals surface area contributed by atoms with Crippen LogP contribution in [-0.2, 0) is 14.3 Å². The van der Waals surface area contributed by atoms with Gasteiger partial charge in [-0.3, -0.25) is 14.5 Å². The summed E-state index contributed by atoms with van der Waals surface area (Å²) in [6, 6.07) is -0.294. The Morgan fingerprint density at radius 1 is 1.28 bits per heavy atom. The standard InChI is InChI=1S/C18H29N3O4/c1-3-25-15(22)14-5-4-10-20(11-14)12-21-16(23)18(19-17(21)24)8-6-13(2)7-9-18/h13-14H,3-12H2,1-2H3,(H,19,24)/t13?,14-,18?/m1/s1. The number of carbonyl (C=O) groups is 3.